The lowest BCUT2D eigenvalue weighted by Gasteiger charge is -2.11. The first-order chi connectivity index (χ1) is 9.08. The largest absolute Gasteiger partial charge is 0.486 e. The van der Waals surface area contributed by atoms with Crippen LogP contribution in [0.5, 0.6) is 5.75 Å². The fraction of sp³-hybridized carbons (Fsp3) is 0.200. The average molecular weight is 325 g/mol. The lowest BCUT2D eigenvalue weighted by molar-refractivity contribution is 0.198. The van der Waals surface area contributed by atoms with Crippen molar-refractivity contribution in [1.29, 1.82) is 0 Å². The summed E-state index contributed by atoms with van der Waals surface area (Å²) in [7, 11) is 0. The summed E-state index contributed by atoms with van der Waals surface area (Å²) in [5, 5.41) is 9.37. The van der Waals surface area contributed by atoms with Gasteiger partial charge in [0.2, 0.25) is 0 Å². The number of halogens is 2. The fourth-order valence-electron chi connectivity index (χ4n) is 1.66. The summed E-state index contributed by atoms with van der Waals surface area (Å²) in [5.74, 6) is -0.286. The van der Waals surface area contributed by atoms with Crippen molar-refractivity contribution < 1.29 is 14.2 Å². The van der Waals surface area contributed by atoms with E-state index >= 15 is 0 Å². The third-order valence-corrected chi connectivity index (χ3v) is 3.55. The maximum Gasteiger partial charge on any atom is 0.165 e. The van der Waals surface area contributed by atoms with Crippen molar-refractivity contribution in [3.63, 3.8) is 0 Å². The number of ether oxygens (including phenoxy) is 1. The number of aliphatic hydroxyl groups is 1. The van der Waals surface area contributed by atoms with Crippen LogP contribution in [-0.2, 0) is 6.61 Å². The summed E-state index contributed by atoms with van der Waals surface area (Å²) >= 11 is 3.41. The quantitative estimate of drug-likeness (QED) is 0.912. The maximum absolute atomic E-state index is 13.8. The Labute approximate surface area is 120 Å². The predicted molar refractivity (Wildman–Crippen MR) is 75.5 cm³/mol. The Kier molecular flexibility index (Phi) is 4.56. The second-order valence-electron chi connectivity index (χ2n) is 4.25. The Hall–Kier alpha value is -1.39. The fourth-order valence-corrected chi connectivity index (χ4v) is 2.06. The van der Waals surface area contributed by atoms with Crippen molar-refractivity contribution in [2.24, 2.45) is 0 Å². The van der Waals surface area contributed by atoms with Gasteiger partial charge in [0, 0.05) is 10.0 Å². The second kappa shape index (κ2) is 6.17. The van der Waals surface area contributed by atoms with E-state index in [1.165, 1.54) is 12.1 Å². The van der Waals surface area contributed by atoms with Crippen molar-refractivity contribution in [1.82, 2.24) is 0 Å². The van der Waals surface area contributed by atoms with Gasteiger partial charge in [0.15, 0.2) is 11.6 Å². The Morgan fingerprint density at radius 3 is 2.63 bits per heavy atom. The third kappa shape index (κ3) is 3.55. The highest BCUT2D eigenvalue weighted by Crippen LogP contribution is 2.24. The van der Waals surface area contributed by atoms with Gasteiger partial charge in [-0.2, -0.15) is 0 Å². The molecule has 0 bridgehead atoms. The first-order valence-electron chi connectivity index (χ1n) is 5.91. The van der Waals surface area contributed by atoms with E-state index in [1.807, 2.05) is 24.3 Å². The van der Waals surface area contributed by atoms with Gasteiger partial charge in [0.05, 0.1) is 6.10 Å². The minimum Gasteiger partial charge on any atom is -0.486 e. The van der Waals surface area contributed by atoms with Crippen LogP contribution < -0.4 is 4.74 Å². The van der Waals surface area contributed by atoms with Crippen molar-refractivity contribution in [3.05, 3.63) is 63.9 Å². The zero-order valence-corrected chi connectivity index (χ0v) is 12.0. The van der Waals surface area contributed by atoms with Crippen molar-refractivity contribution in [2.75, 3.05) is 0 Å². The van der Waals surface area contributed by atoms with E-state index < -0.39 is 11.9 Å². The van der Waals surface area contributed by atoms with Gasteiger partial charge in [-0.15, -0.1) is 0 Å². The molecule has 0 unspecified atom stereocenters. The highest BCUT2D eigenvalue weighted by Gasteiger charge is 2.08. The first-order valence-corrected chi connectivity index (χ1v) is 6.71. The molecule has 0 amide bonds. The zero-order chi connectivity index (χ0) is 13.8. The van der Waals surface area contributed by atoms with Crippen LogP contribution in [-0.4, -0.2) is 5.11 Å². The summed E-state index contributed by atoms with van der Waals surface area (Å²) < 4.78 is 20.1. The number of benzene rings is 2. The lowest BCUT2D eigenvalue weighted by Crippen LogP contribution is -1.99. The molecule has 19 heavy (non-hydrogen) atoms. The minimum atomic E-state index is -0.688. The summed E-state index contributed by atoms with van der Waals surface area (Å²) in [4.78, 5) is 0. The number of aliphatic hydroxyl groups excluding tert-OH is 1. The third-order valence-electron chi connectivity index (χ3n) is 2.78. The van der Waals surface area contributed by atoms with Gasteiger partial charge >= 0.3 is 0 Å². The van der Waals surface area contributed by atoms with E-state index in [0.717, 1.165) is 10.0 Å². The summed E-state index contributed by atoms with van der Waals surface area (Å²) in [5.41, 5.74) is 1.48. The molecule has 2 aromatic carbocycles. The van der Waals surface area contributed by atoms with Crippen LogP contribution in [0.25, 0.3) is 0 Å². The molecule has 1 N–H and O–H groups in total. The highest BCUT2D eigenvalue weighted by atomic mass is 79.9. The van der Waals surface area contributed by atoms with Crippen LogP contribution in [0.4, 0.5) is 4.39 Å². The molecule has 0 saturated carbocycles. The van der Waals surface area contributed by atoms with Crippen molar-refractivity contribution in [3.8, 4) is 5.75 Å². The molecular weight excluding hydrogens is 311 g/mol. The van der Waals surface area contributed by atoms with Crippen LogP contribution >= 0.6 is 15.9 Å². The topological polar surface area (TPSA) is 29.5 Å². The van der Waals surface area contributed by atoms with Gasteiger partial charge in [0.25, 0.3) is 0 Å². The van der Waals surface area contributed by atoms with Gasteiger partial charge in [-0.3, -0.25) is 0 Å². The van der Waals surface area contributed by atoms with Crippen LogP contribution in [0.15, 0.2) is 46.9 Å². The molecule has 2 rings (SSSR count). The number of hydrogen-bond donors (Lipinski definition) is 1. The predicted octanol–water partition coefficient (Wildman–Crippen LogP) is 4.22. The van der Waals surface area contributed by atoms with E-state index in [1.54, 1.807) is 13.0 Å². The summed E-state index contributed by atoms with van der Waals surface area (Å²) in [6.45, 7) is 1.88. The Morgan fingerprint density at radius 2 is 2.00 bits per heavy atom. The molecule has 100 valence electrons. The molecule has 0 saturated heterocycles. The van der Waals surface area contributed by atoms with Gasteiger partial charge in [0.1, 0.15) is 6.61 Å². The van der Waals surface area contributed by atoms with Gasteiger partial charge < -0.3 is 9.84 Å². The van der Waals surface area contributed by atoms with Crippen LogP contribution in [0.2, 0.25) is 0 Å². The normalized spacial score (nSPS) is 12.2. The van der Waals surface area contributed by atoms with Crippen molar-refractivity contribution in [2.45, 2.75) is 19.6 Å². The smallest absolute Gasteiger partial charge is 0.165 e. The Balaban J connectivity index is 2.10. The molecule has 0 aliphatic heterocycles. The highest BCUT2D eigenvalue weighted by molar-refractivity contribution is 9.10. The molecule has 0 fully saturated rings. The molecule has 0 aliphatic carbocycles. The van der Waals surface area contributed by atoms with Gasteiger partial charge in [-0.1, -0.05) is 40.2 Å². The molecule has 0 aliphatic rings. The molecule has 0 heterocycles. The zero-order valence-electron chi connectivity index (χ0n) is 10.4. The standard InChI is InChI=1S/C15H14BrFO2/c1-10(18)11-6-7-15(14(17)8-11)19-9-12-4-2-3-5-13(12)16/h2-8,10,18H,9H2,1H3/t10-/m0/s1. The molecule has 0 aromatic heterocycles. The first kappa shape index (κ1) is 14.0. The van der Waals surface area contributed by atoms with Gasteiger partial charge in [-0.05, 0) is 30.7 Å². The second-order valence-corrected chi connectivity index (χ2v) is 5.10. The van der Waals surface area contributed by atoms with E-state index in [4.69, 9.17) is 4.74 Å². The van der Waals surface area contributed by atoms with E-state index in [-0.39, 0.29) is 12.4 Å². The van der Waals surface area contributed by atoms with E-state index in [0.29, 0.717) is 5.56 Å². The Bertz CT molecular complexity index is 570. The van der Waals surface area contributed by atoms with Crippen molar-refractivity contribution >= 4 is 15.9 Å². The summed E-state index contributed by atoms with van der Waals surface area (Å²) in [6.07, 6.45) is -0.688. The molecule has 2 nitrogen and oxygen atoms in total. The molecule has 2 aromatic rings. The average Bonchev–Trinajstić information content (AvgIpc) is 2.39. The molecular formula is C15H14BrFO2. The lowest BCUT2D eigenvalue weighted by atomic mass is 10.1. The number of rotatable bonds is 4. The molecule has 4 heteroatoms. The number of hydrogen-bond acceptors (Lipinski definition) is 2. The molecule has 0 radical (unpaired) electrons. The van der Waals surface area contributed by atoms with Crippen LogP contribution in [0, 0.1) is 5.82 Å². The maximum atomic E-state index is 13.8. The van der Waals surface area contributed by atoms with Gasteiger partial charge in [-0.25, -0.2) is 4.39 Å². The SMILES string of the molecule is C[C@H](O)c1ccc(OCc2ccccc2Br)c(F)c1. The molecule has 0 spiro atoms. The molecule has 1 atom stereocenters. The van der Waals surface area contributed by atoms with E-state index in [2.05, 4.69) is 15.9 Å². The van der Waals surface area contributed by atoms with E-state index in [9.17, 15) is 9.50 Å². The minimum absolute atomic E-state index is 0.181. The Morgan fingerprint density at radius 1 is 1.26 bits per heavy atom. The monoisotopic (exact) mass is 324 g/mol. The van der Waals surface area contributed by atoms with Crippen LogP contribution in [0.3, 0.4) is 0 Å². The van der Waals surface area contributed by atoms with Crippen LogP contribution in [0.1, 0.15) is 24.2 Å². The summed E-state index contributed by atoms with van der Waals surface area (Å²) in [6, 6.07) is 12.1.